The van der Waals surface area contributed by atoms with Crippen molar-refractivity contribution in [1.82, 2.24) is 4.90 Å². The Labute approximate surface area is 119 Å². The van der Waals surface area contributed by atoms with E-state index >= 15 is 0 Å². The molecule has 0 heterocycles. The van der Waals surface area contributed by atoms with Crippen molar-refractivity contribution in [1.29, 1.82) is 0 Å². The van der Waals surface area contributed by atoms with Gasteiger partial charge in [-0.05, 0) is 37.0 Å². The first-order valence-corrected chi connectivity index (χ1v) is 7.67. The lowest BCUT2D eigenvalue weighted by molar-refractivity contribution is 0.0765. The highest BCUT2D eigenvalue weighted by Gasteiger charge is 2.13. The van der Waals surface area contributed by atoms with Crippen LogP contribution in [0.15, 0.2) is 24.3 Å². The highest BCUT2D eigenvalue weighted by Crippen LogP contribution is 2.15. The van der Waals surface area contributed by atoms with E-state index in [0.717, 1.165) is 30.4 Å². The van der Waals surface area contributed by atoms with Gasteiger partial charge in [-0.15, -0.1) is 0 Å². The average molecular weight is 312 g/mol. The van der Waals surface area contributed by atoms with E-state index in [0.29, 0.717) is 5.92 Å². The molecule has 0 atom stereocenters. The smallest absolute Gasteiger partial charge is 0.253 e. The van der Waals surface area contributed by atoms with Crippen molar-refractivity contribution in [3.05, 3.63) is 35.4 Å². The van der Waals surface area contributed by atoms with Gasteiger partial charge in [-0.1, -0.05) is 41.9 Å². The van der Waals surface area contributed by atoms with Gasteiger partial charge in [-0.3, -0.25) is 4.79 Å². The minimum atomic E-state index is 0.133. The topological polar surface area (TPSA) is 20.3 Å². The first kappa shape index (κ1) is 15.2. The molecule has 0 saturated carbocycles. The van der Waals surface area contributed by atoms with E-state index in [1.54, 1.807) is 0 Å². The summed E-state index contributed by atoms with van der Waals surface area (Å²) in [6, 6.07) is 7.98. The van der Waals surface area contributed by atoms with Crippen molar-refractivity contribution in [3.63, 3.8) is 0 Å². The molecule has 0 aliphatic rings. The highest BCUT2D eigenvalue weighted by atomic mass is 79.9. The molecule has 0 bridgehead atoms. The third kappa shape index (κ3) is 4.13. The fourth-order valence-corrected chi connectivity index (χ4v) is 2.10. The summed E-state index contributed by atoms with van der Waals surface area (Å²) in [5, 5.41) is 0.934. The second-order valence-corrected chi connectivity index (χ2v) is 5.50. The van der Waals surface area contributed by atoms with Crippen molar-refractivity contribution in [2.75, 3.05) is 18.4 Å². The molecule has 0 spiro atoms. The van der Waals surface area contributed by atoms with Crippen molar-refractivity contribution >= 4 is 21.8 Å². The van der Waals surface area contributed by atoms with Crippen molar-refractivity contribution in [2.24, 2.45) is 0 Å². The number of carbonyl (C=O) groups is 1. The molecule has 0 radical (unpaired) electrons. The molecule has 0 N–H and O–H groups in total. The van der Waals surface area contributed by atoms with Crippen LogP contribution in [-0.2, 0) is 0 Å². The molecule has 1 amide bonds. The van der Waals surface area contributed by atoms with Crippen LogP contribution in [0.5, 0.6) is 0 Å². The maximum atomic E-state index is 12.3. The number of rotatable bonds is 6. The number of nitrogens with zero attached hydrogens (tertiary/aromatic N) is 1. The Morgan fingerprint density at radius 1 is 1.28 bits per heavy atom. The normalized spacial score (nSPS) is 10.7. The summed E-state index contributed by atoms with van der Waals surface area (Å²) in [7, 11) is 0. The molecule has 18 heavy (non-hydrogen) atoms. The van der Waals surface area contributed by atoms with Crippen molar-refractivity contribution in [3.8, 4) is 0 Å². The van der Waals surface area contributed by atoms with Crippen LogP contribution in [0.1, 0.15) is 49.0 Å². The molecule has 0 aromatic heterocycles. The molecule has 0 saturated heterocycles. The lowest BCUT2D eigenvalue weighted by atomic mass is 10.0. The third-order valence-corrected chi connectivity index (χ3v) is 3.62. The van der Waals surface area contributed by atoms with Crippen LogP contribution < -0.4 is 0 Å². The molecule has 1 aromatic rings. The molecule has 2 nitrogen and oxygen atoms in total. The van der Waals surface area contributed by atoms with E-state index in [1.807, 2.05) is 24.0 Å². The second-order valence-electron chi connectivity index (χ2n) is 4.70. The first-order chi connectivity index (χ1) is 8.60. The van der Waals surface area contributed by atoms with Gasteiger partial charge in [0, 0.05) is 24.0 Å². The zero-order chi connectivity index (χ0) is 13.5. The van der Waals surface area contributed by atoms with Gasteiger partial charge in [-0.2, -0.15) is 0 Å². The van der Waals surface area contributed by atoms with E-state index in [4.69, 9.17) is 0 Å². The largest absolute Gasteiger partial charge is 0.339 e. The van der Waals surface area contributed by atoms with Gasteiger partial charge in [0.15, 0.2) is 0 Å². The summed E-state index contributed by atoms with van der Waals surface area (Å²) in [6.07, 6.45) is 0.990. The van der Waals surface area contributed by atoms with Crippen LogP contribution in [0, 0.1) is 0 Å². The summed E-state index contributed by atoms with van der Waals surface area (Å²) < 4.78 is 0. The van der Waals surface area contributed by atoms with Gasteiger partial charge >= 0.3 is 0 Å². The highest BCUT2D eigenvalue weighted by molar-refractivity contribution is 9.09. The quantitative estimate of drug-likeness (QED) is 0.726. The minimum absolute atomic E-state index is 0.133. The lowest BCUT2D eigenvalue weighted by Gasteiger charge is -2.20. The zero-order valence-corrected chi connectivity index (χ0v) is 13.0. The van der Waals surface area contributed by atoms with Crippen LogP contribution in [0.25, 0.3) is 0 Å². The lowest BCUT2D eigenvalue weighted by Crippen LogP contribution is -2.31. The summed E-state index contributed by atoms with van der Waals surface area (Å²) in [5.41, 5.74) is 2.06. The Bertz CT molecular complexity index is 373. The van der Waals surface area contributed by atoms with Crippen LogP contribution in [0.2, 0.25) is 0 Å². The number of hydrogen-bond acceptors (Lipinski definition) is 1. The molecular formula is C15H22BrNO. The first-order valence-electron chi connectivity index (χ1n) is 6.55. The van der Waals surface area contributed by atoms with Gasteiger partial charge in [-0.25, -0.2) is 0 Å². The van der Waals surface area contributed by atoms with Crippen LogP contribution >= 0.6 is 15.9 Å². The maximum Gasteiger partial charge on any atom is 0.253 e. The van der Waals surface area contributed by atoms with E-state index in [1.165, 1.54) is 5.56 Å². The molecule has 1 rings (SSSR count). The minimum Gasteiger partial charge on any atom is -0.339 e. The molecule has 0 unspecified atom stereocenters. The van der Waals surface area contributed by atoms with Gasteiger partial charge in [0.05, 0.1) is 0 Å². The van der Waals surface area contributed by atoms with E-state index in [9.17, 15) is 4.79 Å². The Morgan fingerprint density at radius 2 is 1.89 bits per heavy atom. The van der Waals surface area contributed by atoms with Crippen molar-refractivity contribution < 1.29 is 4.79 Å². The molecule has 100 valence electrons. The monoisotopic (exact) mass is 311 g/mol. The van der Waals surface area contributed by atoms with Crippen LogP contribution in [0.3, 0.4) is 0 Å². The Hall–Kier alpha value is -0.830. The maximum absolute atomic E-state index is 12.3. The SMILES string of the molecule is CCN(CCCBr)C(=O)c1ccc(C(C)C)cc1. The van der Waals surface area contributed by atoms with Crippen molar-refractivity contribution in [2.45, 2.75) is 33.1 Å². The summed E-state index contributed by atoms with van der Waals surface area (Å²) in [6.45, 7) is 7.91. The average Bonchev–Trinajstić information content (AvgIpc) is 2.39. The molecule has 0 aliphatic carbocycles. The molecular weight excluding hydrogens is 290 g/mol. The molecule has 3 heteroatoms. The van der Waals surface area contributed by atoms with Gasteiger partial charge < -0.3 is 4.90 Å². The number of carbonyl (C=O) groups excluding carboxylic acids is 1. The predicted molar refractivity (Wildman–Crippen MR) is 80.5 cm³/mol. The van der Waals surface area contributed by atoms with Gasteiger partial charge in [0.2, 0.25) is 0 Å². The zero-order valence-electron chi connectivity index (χ0n) is 11.4. The fraction of sp³-hybridized carbons (Fsp3) is 0.533. The Balaban J connectivity index is 2.75. The Kier molecular flexibility index (Phi) is 6.41. The van der Waals surface area contributed by atoms with Gasteiger partial charge in [0.1, 0.15) is 0 Å². The number of hydrogen-bond donors (Lipinski definition) is 0. The molecule has 0 fully saturated rings. The fourth-order valence-electron chi connectivity index (χ4n) is 1.85. The summed E-state index contributed by atoms with van der Waals surface area (Å²) in [5.74, 6) is 0.638. The van der Waals surface area contributed by atoms with Crippen LogP contribution in [-0.4, -0.2) is 29.2 Å². The molecule has 1 aromatic carbocycles. The Morgan fingerprint density at radius 3 is 2.33 bits per heavy atom. The molecule has 0 aliphatic heterocycles. The second kappa shape index (κ2) is 7.57. The number of benzene rings is 1. The van der Waals surface area contributed by atoms with Gasteiger partial charge in [0.25, 0.3) is 5.91 Å². The van der Waals surface area contributed by atoms with E-state index < -0.39 is 0 Å². The van der Waals surface area contributed by atoms with E-state index in [2.05, 4.69) is 41.9 Å². The number of halogens is 1. The standard InChI is InChI=1S/C15H22BrNO/c1-4-17(11-5-10-16)15(18)14-8-6-13(7-9-14)12(2)3/h6-9,12H,4-5,10-11H2,1-3H3. The summed E-state index contributed by atoms with van der Waals surface area (Å²) >= 11 is 3.40. The third-order valence-electron chi connectivity index (χ3n) is 3.05. The number of alkyl halides is 1. The van der Waals surface area contributed by atoms with Crippen LogP contribution in [0.4, 0.5) is 0 Å². The summed E-state index contributed by atoms with van der Waals surface area (Å²) in [4.78, 5) is 14.2. The van der Waals surface area contributed by atoms with E-state index in [-0.39, 0.29) is 5.91 Å². The predicted octanol–water partition coefficient (Wildman–Crippen LogP) is 4.06. The number of amides is 1.